The Kier molecular flexibility index (Phi) is 7.80. The maximum atomic E-state index is 13.0. The molecule has 9 nitrogen and oxygen atoms in total. The summed E-state index contributed by atoms with van der Waals surface area (Å²) in [5.74, 6) is 10.2. The molecular formula is C31H27N5O4. The molecule has 0 aliphatic carbocycles. The van der Waals surface area contributed by atoms with Crippen molar-refractivity contribution < 1.29 is 19.5 Å². The summed E-state index contributed by atoms with van der Waals surface area (Å²) in [6, 6.07) is 17.7. The zero-order valence-electron chi connectivity index (χ0n) is 21.6. The molecule has 2 aromatic heterocycles. The van der Waals surface area contributed by atoms with Gasteiger partial charge in [0.05, 0.1) is 23.2 Å². The number of likely N-dealkylation sites (tertiary alicyclic amines) is 1. The van der Waals surface area contributed by atoms with Gasteiger partial charge >= 0.3 is 5.97 Å². The van der Waals surface area contributed by atoms with Gasteiger partial charge in [-0.1, -0.05) is 24.0 Å². The third-order valence-corrected chi connectivity index (χ3v) is 6.95. The van der Waals surface area contributed by atoms with Gasteiger partial charge < -0.3 is 10.0 Å². The highest BCUT2D eigenvalue weighted by molar-refractivity contribution is 6.06. The summed E-state index contributed by atoms with van der Waals surface area (Å²) in [6.07, 6.45) is 5.69. The number of nitrogens with one attached hydrogen (secondary N) is 1. The first-order valence-electron chi connectivity index (χ1n) is 12.9. The number of nitrogen functional groups attached to an aromatic ring is 1. The van der Waals surface area contributed by atoms with Crippen LogP contribution in [0.3, 0.4) is 0 Å². The van der Waals surface area contributed by atoms with Crippen LogP contribution in [0.25, 0.3) is 22.2 Å². The number of hydrogen-bond acceptors (Lipinski definition) is 6. The first kappa shape index (κ1) is 26.5. The molecule has 0 bridgehead atoms. The summed E-state index contributed by atoms with van der Waals surface area (Å²) in [7, 11) is 0. The predicted octanol–water partition coefficient (Wildman–Crippen LogP) is 3.77. The molecule has 2 amide bonds. The Bertz CT molecular complexity index is 1640. The first-order valence-corrected chi connectivity index (χ1v) is 12.9. The minimum Gasteiger partial charge on any atom is -0.481 e. The van der Waals surface area contributed by atoms with Gasteiger partial charge in [0.25, 0.3) is 11.8 Å². The third kappa shape index (κ3) is 5.82. The highest BCUT2D eigenvalue weighted by Crippen LogP contribution is 2.25. The van der Waals surface area contributed by atoms with Crippen LogP contribution in [0.1, 0.15) is 57.5 Å². The van der Waals surface area contributed by atoms with Crippen LogP contribution in [-0.2, 0) is 4.79 Å². The van der Waals surface area contributed by atoms with Crippen molar-refractivity contribution in [3.8, 4) is 23.1 Å². The molecule has 3 heterocycles. The van der Waals surface area contributed by atoms with Gasteiger partial charge in [-0.3, -0.25) is 24.8 Å². The fraction of sp³-hybridized carbons (Fsp3) is 0.194. The Labute approximate surface area is 231 Å². The average Bonchev–Trinajstić information content (AvgIpc) is 2.99. The lowest BCUT2D eigenvalue weighted by Crippen LogP contribution is -2.44. The molecule has 5 rings (SSSR count). The smallest absolute Gasteiger partial charge is 0.305 e. The molecule has 1 atom stereocenters. The van der Waals surface area contributed by atoms with E-state index in [4.69, 9.17) is 5.84 Å². The number of amides is 2. The van der Waals surface area contributed by atoms with Crippen molar-refractivity contribution in [2.24, 2.45) is 5.84 Å². The van der Waals surface area contributed by atoms with Gasteiger partial charge in [0.2, 0.25) is 0 Å². The van der Waals surface area contributed by atoms with Crippen molar-refractivity contribution >= 4 is 28.7 Å². The van der Waals surface area contributed by atoms with Crippen LogP contribution in [-0.4, -0.2) is 50.3 Å². The van der Waals surface area contributed by atoms with Gasteiger partial charge in [0.15, 0.2) is 0 Å². The van der Waals surface area contributed by atoms with Crippen LogP contribution in [0.5, 0.6) is 0 Å². The zero-order chi connectivity index (χ0) is 28.1. The number of carboxylic acids is 1. The van der Waals surface area contributed by atoms with Crippen LogP contribution < -0.4 is 11.3 Å². The highest BCUT2D eigenvalue weighted by atomic mass is 16.4. The van der Waals surface area contributed by atoms with E-state index in [0.29, 0.717) is 40.7 Å². The van der Waals surface area contributed by atoms with Crippen LogP contribution in [0, 0.1) is 11.8 Å². The summed E-state index contributed by atoms with van der Waals surface area (Å²) in [5, 5.41) is 9.81. The van der Waals surface area contributed by atoms with E-state index < -0.39 is 11.9 Å². The molecule has 4 aromatic rings. The van der Waals surface area contributed by atoms with Crippen LogP contribution in [0.15, 0.2) is 73.1 Å². The molecule has 0 spiro atoms. The Hall–Kier alpha value is -5.07. The third-order valence-electron chi connectivity index (χ3n) is 6.95. The van der Waals surface area contributed by atoms with Gasteiger partial charge in [-0.15, -0.1) is 0 Å². The number of carboxylic acid groups (broad SMARTS) is 1. The summed E-state index contributed by atoms with van der Waals surface area (Å²) in [6.45, 7) is 0.571. The molecule has 2 aromatic carbocycles. The molecular weight excluding hydrogens is 506 g/mol. The standard InChI is InChI=1S/C31H27N5O4/c32-35-30(39)25-18-28(34-27-14-15-33-19-26(25)27)22-10-6-20(7-11-22)4-5-21-8-12-23(13-9-21)31(40)36-16-2-1-3-24(36)17-29(37)38/h6-15,18-19,24H,1-3,16-17,32H2,(H,35,39)(H,37,38). The fourth-order valence-corrected chi connectivity index (χ4v) is 4.89. The highest BCUT2D eigenvalue weighted by Gasteiger charge is 2.29. The van der Waals surface area contributed by atoms with E-state index in [1.807, 2.05) is 24.3 Å². The number of hydrazine groups is 1. The Balaban J connectivity index is 1.31. The molecule has 1 unspecified atom stereocenters. The van der Waals surface area contributed by atoms with E-state index in [-0.39, 0.29) is 18.4 Å². The largest absolute Gasteiger partial charge is 0.481 e. The quantitative estimate of drug-likeness (QED) is 0.154. The number of nitrogens with zero attached hydrogens (tertiary/aromatic N) is 3. The molecule has 1 aliphatic heterocycles. The molecule has 1 saturated heterocycles. The van der Waals surface area contributed by atoms with Crippen molar-refractivity contribution in [1.29, 1.82) is 0 Å². The molecule has 1 fully saturated rings. The number of rotatable bonds is 5. The Morgan fingerprint density at radius 3 is 2.38 bits per heavy atom. The van der Waals surface area contributed by atoms with E-state index in [0.717, 1.165) is 29.5 Å². The SMILES string of the molecule is NNC(=O)c1cc(-c2ccc(C#Cc3ccc(C(=O)N4CCCCC4CC(=O)O)cc3)cc2)nc2ccncc12. The number of pyridine rings is 2. The van der Waals surface area contributed by atoms with Crippen molar-refractivity contribution in [3.63, 3.8) is 0 Å². The van der Waals surface area contributed by atoms with Crippen molar-refractivity contribution in [3.05, 3.63) is 95.3 Å². The monoisotopic (exact) mass is 533 g/mol. The van der Waals surface area contributed by atoms with Gasteiger partial charge in [0, 0.05) is 52.6 Å². The second-order valence-electron chi connectivity index (χ2n) is 9.57. The summed E-state index contributed by atoms with van der Waals surface area (Å²) >= 11 is 0. The van der Waals surface area contributed by atoms with Crippen LogP contribution in [0.2, 0.25) is 0 Å². The van der Waals surface area contributed by atoms with E-state index in [9.17, 15) is 19.5 Å². The number of aliphatic carboxylic acids is 1. The number of benzene rings is 2. The number of hydrogen-bond donors (Lipinski definition) is 3. The predicted molar refractivity (Wildman–Crippen MR) is 150 cm³/mol. The number of nitrogens with two attached hydrogens (primary N) is 1. The molecule has 9 heteroatoms. The van der Waals surface area contributed by atoms with Crippen LogP contribution >= 0.6 is 0 Å². The van der Waals surface area contributed by atoms with Gasteiger partial charge in [-0.05, 0) is 67.8 Å². The lowest BCUT2D eigenvalue weighted by Gasteiger charge is -2.35. The molecule has 40 heavy (non-hydrogen) atoms. The Morgan fingerprint density at radius 1 is 1.00 bits per heavy atom. The van der Waals surface area contributed by atoms with Gasteiger partial charge in [-0.25, -0.2) is 10.8 Å². The first-order chi connectivity index (χ1) is 19.4. The maximum Gasteiger partial charge on any atom is 0.305 e. The summed E-state index contributed by atoms with van der Waals surface area (Å²) in [4.78, 5) is 47.0. The van der Waals surface area contributed by atoms with Crippen molar-refractivity contribution in [2.75, 3.05) is 6.54 Å². The van der Waals surface area contributed by atoms with E-state index in [1.165, 1.54) is 0 Å². The fourth-order valence-electron chi connectivity index (χ4n) is 4.89. The minimum atomic E-state index is -0.891. The lowest BCUT2D eigenvalue weighted by molar-refractivity contribution is -0.138. The summed E-state index contributed by atoms with van der Waals surface area (Å²) < 4.78 is 0. The normalized spacial score (nSPS) is 14.7. The molecule has 4 N–H and O–H groups in total. The molecule has 0 radical (unpaired) electrons. The molecule has 0 saturated carbocycles. The Morgan fingerprint density at radius 2 is 1.70 bits per heavy atom. The van der Waals surface area contributed by atoms with E-state index in [1.54, 1.807) is 53.7 Å². The van der Waals surface area contributed by atoms with Crippen LogP contribution in [0.4, 0.5) is 0 Å². The second kappa shape index (κ2) is 11.8. The molecule has 1 aliphatic rings. The average molecular weight is 534 g/mol. The summed E-state index contributed by atoms with van der Waals surface area (Å²) in [5.41, 5.74) is 6.70. The zero-order valence-corrected chi connectivity index (χ0v) is 21.6. The number of fused-ring (bicyclic) bond motifs is 1. The van der Waals surface area contributed by atoms with Crippen molar-refractivity contribution in [2.45, 2.75) is 31.7 Å². The topological polar surface area (TPSA) is 139 Å². The number of piperidine rings is 1. The molecule has 200 valence electrons. The lowest BCUT2D eigenvalue weighted by atomic mass is 9.98. The van der Waals surface area contributed by atoms with Crippen molar-refractivity contribution in [1.82, 2.24) is 20.3 Å². The number of carbonyl (C=O) groups excluding carboxylic acids is 2. The second-order valence-corrected chi connectivity index (χ2v) is 9.57. The number of carbonyl (C=O) groups is 3. The van der Waals surface area contributed by atoms with E-state index >= 15 is 0 Å². The van der Waals surface area contributed by atoms with E-state index in [2.05, 4.69) is 27.2 Å². The number of aromatic nitrogens is 2. The maximum absolute atomic E-state index is 13.0. The van der Waals surface area contributed by atoms with Gasteiger partial charge in [-0.2, -0.15) is 0 Å². The minimum absolute atomic E-state index is 0.0350. The van der Waals surface area contributed by atoms with Gasteiger partial charge in [0.1, 0.15) is 0 Å².